The van der Waals surface area contributed by atoms with Crippen LogP contribution in [0.5, 0.6) is 0 Å². The highest BCUT2D eigenvalue weighted by molar-refractivity contribution is 7.09. The first kappa shape index (κ1) is 15.8. The summed E-state index contributed by atoms with van der Waals surface area (Å²) in [4.78, 5) is 5.56. The van der Waals surface area contributed by atoms with E-state index in [-0.39, 0.29) is 5.82 Å². The molecule has 21 heavy (non-hydrogen) atoms. The summed E-state index contributed by atoms with van der Waals surface area (Å²) in [5.74, 6) is 0.0937. The maximum atomic E-state index is 12.9. The fourth-order valence-electron chi connectivity index (χ4n) is 1.85. The van der Waals surface area contributed by atoms with Crippen molar-refractivity contribution in [3.8, 4) is 0 Å². The van der Waals surface area contributed by atoms with Gasteiger partial charge in [-0.3, -0.25) is 4.99 Å². The molecular formula is C15H17ClFN3S. The Hall–Kier alpha value is -1.59. The van der Waals surface area contributed by atoms with Crippen molar-refractivity contribution < 1.29 is 4.39 Å². The average molecular weight is 326 g/mol. The Balaban J connectivity index is 1.72. The van der Waals surface area contributed by atoms with Crippen molar-refractivity contribution in [2.45, 2.75) is 12.8 Å². The Bertz CT molecular complexity index is 599. The van der Waals surface area contributed by atoms with Crippen molar-refractivity contribution in [3.05, 3.63) is 57.0 Å². The zero-order valence-corrected chi connectivity index (χ0v) is 13.1. The zero-order valence-electron chi connectivity index (χ0n) is 11.5. The fourth-order valence-corrected chi connectivity index (χ4v) is 2.81. The Morgan fingerprint density at radius 3 is 2.90 bits per heavy atom. The second-order valence-corrected chi connectivity index (χ2v) is 5.95. The molecule has 0 atom stereocenters. The van der Waals surface area contributed by atoms with Crippen LogP contribution in [0.4, 0.5) is 4.39 Å². The Morgan fingerprint density at radius 1 is 1.33 bits per heavy atom. The van der Waals surface area contributed by atoms with Crippen molar-refractivity contribution >= 4 is 28.9 Å². The first-order chi connectivity index (χ1) is 10.1. The second kappa shape index (κ2) is 8.00. The lowest BCUT2D eigenvalue weighted by molar-refractivity contribution is 0.627. The predicted octanol–water partition coefficient (Wildman–Crippen LogP) is 3.23. The van der Waals surface area contributed by atoms with Crippen LogP contribution in [0, 0.1) is 5.82 Å². The van der Waals surface area contributed by atoms with Gasteiger partial charge in [-0.1, -0.05) is 23.7 Å². The maximum Gasteiger partial charge on any atom is 0.188 e. The molecule has 0 unspecified atom stereocenters. The number of aliphatic imine (C=N–C) groups is 1. The van der Waals surface area contributed by atoms with Gasteiger partial charge in [0.2, 0.25) is 0 Å². The van der Waals surface area contributed by atoms with Gasteiger partial charge in [-0.2, -0.15) is 0 Å². The molecule has 0 aliphatic carbocycles. The summed E-state index contributed by atoms with van der Waals surface area (Å²) >= 11 is 7.67. The molecule has 0 bridgehead atoms. The van der Waals surface area contributed by atoms with Crippen LogP contribution in [0.3, 0.4) is 0 Å². The SMILES string of the molecule is NC(=NCCc1cccs1)NCCc1ccc(F)cc1Cl. The highest BCUT2D eigenvalue weighted by atomic mass is 35.5. The summed E-state index contributed by atoms with van der Waals surface area (Å²) in [6, 6.07) is 8.51. The average Bonchev–Trinajstić information content (AvgIpc) is 2.94. The van der Waals surface area contributed by atoms with Gasteiger partial charge >= 0.3 is 0 Å². The number of halogens is 2. The van der Waals surface area contributed by atoms with Crippen LogP contribution in [0.15, 0.2) is 40.7 Å². The third kappa shape index (κ3) is 5.36. The number of nitrogens with zero attached hydrogens (tertiary/aromatic N) is 1. The van der Waals surface area contributed by atoms with E-state index in [1.807, 2.05) is 11.4 Å². The van der Waals surface area contributed by atoms with Gasteiger partial charge in [0.25, 0.3) is 0 Å². The molecule has 6 heteroatoms. The first-order valence-corrected chi connectivity index (χ1v) is 7.91. The third-order valence-electron chi connectivity index (χ3n) is 2.94. The molecule has 0 aliphatic rings. The summed E-state index contributed by atoms with van der Waals surface area (Å²) in [6.07, 6.45) is 1.56. The number of nitrogens with one attached hydrogen (secondary N) is 1. The number of benzene rings is 1. The van der Waals surface area contributed by atoms with E-state index in [1.165, 1.54) is 17.0 Å². The number of nitrogens with two attached hydrogens (primary N) is 1. The first-order valence-electron chi connectivity index (χ1n) is 6.65. The number of rotatable bonds is 6. The van der Waals surface area contributed by atoms with Crippen LogP contribution < -0.4 is 11.1 Å². The topological polar surface area (TPSA) is 50.4 Å². The molecule has 2 rings (SSSR count). The molecule has 0 radical (unpaired) electrons. The van der Waals surface area contributed by atoms with Gasteiger partial charge in [-0.15, -0.1) is 11.3 Å². The number of hydrogen-bond acceptors (Lipinski definition) is 2. The minimum atomic E-state index is -0.327. The van der Waals surface area contributed by atoms with E-state index in [2.05, 4.69) is 16.4 Å². The van der Waals surface area contributed by atoms with Crippen LogP contribution in [0.1, 0.15) is 10.4 Å². The van der Waals surface area contributed by atoms with Gasteiger partial charge in [-0.25, -0.2) is 4.39 Å². The molecule has 0 aliphatic heterocycles. The van der Waals surface area contributed by atoms with Crippen molar-refractivity contribution in [2.75, 3.05) is 13.1 Å². The lowest BCUT2D eigenvalue weighted by Gasteiger charge is -2.07. The quantitative estimate of drug-likeness (QED) is 0.633. The highest BCUT2D eigenvalue weighted by Crippen LogP contribution is 2.17. The molecule has 3 N–H and O–H groups in total. The molecule has 1 aromatic carbocycles. The van der Waals surface area contributed by atoms with Crippen LogP contribution in [-0.2, 0) is 12.8 Å². The van der Waals surface area contributed by atoms with E-state index >= 15 is 0 Å². The predicted molar refractivity (Wildman–Crippen MR) is 87.6 cm³/mol. The fraction of sp³-hybridized carbons (Fsp3) is 0.267. The van der Waals surface area contributed by atoms with Gasteiger partial charge in [0.15, 0.2) is 5.96 Å². The Kier molecular flexibility index (Phi) is 6.02. The molecule has 0 amide bonds. The van der Waals surface area contributed by atoms with E-state index in [0.717, 1.165) is 12.0 Å². The summed E-state index contributed by atoms with van der Waals surface area (Å²) in [5, 5.41) is 5.52. The minimum absolute atomic E-state index is 0.327. The second-order valence-electron chi connectivity index (χ2n) is 4.51. The van der Waals surface area contributed by atoms with Crippen molar-refractivity contribution in [1.82, 2.24) is 5.32 Å². The molecule has 1 aromatic heterocycles. The van der Waals surface area contributed by atoms with Crippen LogP contribution in [0.2, 0.25) is 5.02 Å². The van der Waals surface area contributed by atoms with E-state index < -0.39 is 0 Å². The number of thiophene rings is 1. The van der Waals surface area contributed by atoms with Gasteiger partial charge in [0.1, 0.15) is 5.82 Å². The standard InChI is InChI=1S/C15H17ClFN3S/c16-14-10-12(17)4-3-11(14)5-7-19-15(18)20-8-6-13-2-1-9-21-13/h1-4,9-10H,5-8H2,(H3,18,19,20). The molecule has 3 nitrogen and oxygen atoms in total. The summed E-state index contributed by atoms with van der Waals surface area (Å²) < 4.78 is 12.9. The monoisotopic (exact) mass is 325 g/mol. The molecular weight excluding hydrogens is 309 g/mol. The normalized spacial score (nSPS) is 11.6. The molecule has 112 valence electrons. The zero-order chi connectivity index (χ0) is 15.1. The van der Waals surface area contributed by atoms with E-state index in [4.69, 9.17) is 17.3 Å². The van der Waals surface area contributed by atoms with Crippen LogP contribution in [0.25, 0.3) is 0 Å². The summed E-state index contributed by atoms with van der Waals surface area (Å²) in [6.45, 7) is 1.27. The van der Waals surface area contributed by atoms with Crippen molar-refractivity contribution in [1.29, 1.82) is 0 Å². The molecule has 0 saturated carbocycles. The summed E-state index contributed by atoms with van der Waals surface area (Å²) in [7, 11) is 0. The van der Waals surface area contributed by atoms with Gasteiger partial charge in [0, 0.05) is 29.4 Å². The Morgan fingerprint density at radius 2 is 2.19 bits per heavy atom. The minimum Gasteiger partial charge on any atom is -0.370 e. The molecule has 0 saturated heterocycles. The van der Waals surface area contributed by atoms with Gasteiger partial charge < -0.3 is 11.1 Å². The lowest BCUT2D eigenvalue weighted by Crippen LogP contribution is -2.33. The van der Waals surface area contributed by atoms with E-state index in [0.29, 0.717) is 30.5 Å². The number of guanidine groups is 1. The molecule has 1 heterocycles. The van der Waals surface area contributed by atoms with Gasteiger partial charge in [0.05, 0.1) is 0 Å². The van der Waals surface area contributed by atoms with E-state index in [1.54, 1.807) is 17.4 Å². The lowest BCUT2D eigenvalue weighted by atomic mass is 10.1. The molecule has 2 aromatic rings. The van der Waals surface area contributed by atoms with Crippen LogP contribution >= 0.6 is 22.9 Å². The van der Waals surface area contributed by atoms with Crippen molar-refractivity contribution in [3.63, 3.8) is 0 Å². The molecule has 0 fully saturated rings. The highest BCUT2D eigenvalue weighted by Gasteiger charge is 2.02. The maximum absolute atomic E-state index is 12.9. The summed E-state index contributed by atoms with van der Waals surface area (Å²) in [5.41, 5.74) is 6.67. The van der Waals surface area contributed by atoms with Crippen molar-refractivity contribution in [2.24, 2.45) is 10.7 Å². The molecule has 0 spiro atoms. The Labute approximate surface area is 132 Å². The largest absolute Gasteiger partial charge is 0.370 e. The third-order valence-corrected chi connectivity index (χ3v) is 4.22. The van der Waals surface area contributed by atoms with Gasteiger partial charge in [-0.05, 0) is 35.6 Å². The smallest absolute Gasteiger partial charge is 0.188 e. The number of hydrogen-bond donors (Lipinski definition) is 2. The van der Waals surface area contributed by atoms with E-state index in [9.17, 15) is 4.39 Å². The van der Waals surface area contributed by atoms with Crippen LogP contribution in [-0.4, -0.2) is 19.0 Å².